The van der Waals surface area contributed by atoms with Gasteiger partial charge in [0.15, 0.2) is 11.6 Å². The van der Waals surface area contributed by atoms with Gasteiger partial charge in [-0.05, 0) is 30.4 Å². The zero-order valence-corrected chi connectivity index (χ0v) is 9.32. The molecule has 16 heavy (non-hydrogen) atoms. The second-order valence-electron chi connectivity index (χ2n) is 3.46. The number of allylic oxidation sites excluding steroid dienone is 2. The third-order valence-electron chi connectivity index (χ3n) is 2.48. The van der Waals surface area contributed by atoms with E-state index in [0.29, 0.717) is 16.3 Å². The molecule has 2 rings (SSSR count). The first-order valence-corrected chi connectivity index (χ1v) is 5.10. The number of hydrogen-bond donors (Lipinski definition) is 0. The van der Waals surface area contributed by atoms with Crippen LogP contribution in [0.3, 0.4) is 0 Å². The topological polar surface area (TPSA) is 43.4 Å². The number of ether oxygens (including phenoxy) is 1. The van der Waals surface area contributed by atoms with E-state index in [2.05, 4.69) is 0 Å². The van der Waals surface area contributed by atoms with Gasteiger partial charge >= 0.3 is 0 Å². The molecule has 0 N–H and O–H groups in total. The van der Waals surface area contributed by atoms with E-state index in [1.54, 1.807) is 18.2 Å². The fourth-order valence-corrected chi connectivity index (χ4v) is 1.91. The van der Waals surface area contributed by atoms with Crippen molar-refractivity contribution in [2.24, 2.45) is 0 Å². The first-order chi connectivity index (χ1) is 7.63. The van der Waals surface area contributed by atoms with Gasteiger partial charge in [0.2, 0.25) is 0 Å². The monoisotopic (exact) mass is 236 g/mol. The van der Waals surface area contributed by atoms with Crippen LogP contribution in [0.5, 0.6) is 5.75 Å². The Labute approximate surface area is 97.7 Å². The molecule has 3 nitrogen and oxygen atoms in total. The zero-order chi connectivity index (χ0) is 11.7. The molecule has 0 saturated heterocycles. The van der Waals surface area contributed by atoms with E-state index in [1.165, 1.54) is 19.3 Å². The Balaban J connectivity index is 2.51. The highest BCUT2D eigenvalue weighted by molar-refractivity contribution is 6.31. The van der Waals surface area contributed by atoms with Gasteiger partial charge in [-0.3, -0.25) is 9.59 Å². The van der Waals surface area contributed by atoms with E-state index in [-0.39, 0.29) is 11.6 Å². The maximum atomic E-state index is 11.6. The zero-order valence-electron chi connectivity index (χ0n) is 8.57. The Kier molecular flexibility index (Phi) is 2.79. The van der Waals surface area contributed by atoms with Gasteiger partial charge in [-0.1, -0.05) is 11.6 Å². The number of carbonyl (C=O) groups excluding carboxylic acids is 2. The minimum atomic E-state index is -0.798. The largest absolute Gasteiger partial charge is 0.496 e. The van der Waals surface area contributed by atoms with Crippen molar-refractivity contribution in [1.29, 1.82) is 0 Å². The summed E-state index contributed by atoms with van der Waals surface area (Å²) in [6.07, 6.45) is 2.57. The molecule has 1 aliphatic carbocycles. The van der Waals surface area contributed by atoms with Crippen molar-refractivity contribution in [1.82, 2.24) is 0 Å². The van der Waals surface area contributed by atoms with Crippen LogP contribution in [0.4, 0.5) is 0 Å². The van der Waals surface area contributed by atoms with Crippen molar-refractivity contribution in [2.45, 2.75) is 5.92 Å². The van der Waals surface area contributed by atoms with E-state index < -0.39 is 5.92 Å². The predicted molar refractivity (Wildman–Crippen MR) is 59.9 cm³/mol. The summed E-state index contributed by atoms with van der Waals surface area (Å²) in [5.41, 5.74) is 0.523. The maximum Gasteiger partial charge on any atom is 0.171 e. The highest BCUT2D eigenvalue weighted by atomic mass is 35.5. The van der Waals surface area contributed by atoms with Gasteiger partial charge < -0.3 is 4.74 Å². The third-order valence-corrected chi connectivity index (χ3v) is 2.72. The highest BCUT2D eigenvalue weighted by Gasteiger charge is 2.32. The number of carbonyl (C=O) groups is 2. The molecular formula is C12H9ClO3. The van der Waals surface area contributed by atoms with Gasteiger partial charge in [-0.2, -0.15) is 0 Å². The van der Waals surface area contributed by atoms with E-state index in [0.717, 1.165) is 0 Å². The van der Waals surface area contributed by atoms with Gasteiger partial charge in [0.1, 0.15) is 11.7 Å². The van der Waals surface area contributed by atoms with E-state index in [1.807, 2.05) is 0 Å². The molecule has 1 aromatic carbocycles. The van der Waals surface area contributed by atoms with Crippen LogP contribution >= 0.6 is 11.6 Å². The first kappa shape index (κ1) is 10.9. The Bertz CT molecular complexity index is 473. The molecule has 0 aromatic heterocycles. The molecule has 0 saturated carbocycles. The molecule has 0 heterocycles. The van der Waals surface area contributed by atoms with E-state index in [4.69, 9.17) is 16.3 Å². The van der Waals surface area contributed by atoms with Crippen LogP contribution in [0.15, 0.2) is 30.4 Å². The molecule has 82 valence electrons. The number of halogens is 1. The summed E-state index contributed by atoms with van der Waals surface area (Å²) in [7, 11) is 1.49. The Morgan fingerprint density at radius 1 is 1.19 bits per heavy atom. The first-order valence-electron chi connectivity index (χ1n) is 4.72. The SMILES string of the molecule is COc1ccc(Cl)cc1C1C(=O)C=CC1=O. The second-order valence-corrected chi connectivity index (χ2v) is 3.89. The number of benzene rings is 1. The third kappa shape index (κ3) is 1.74. The molecular weight excluding hydrogens is 228 g/mol. The van der Waals surface area contributed by atoms with Crippen molar-refractivity contribution in [3.63, 3.8) is 0 Å². The van der Waals surface area contributed by atoms with Gasteiger partial charge in [-0.15, -0.1) is 0 Å². The van der Waals surface area contributed by atoms with Crippen LogP contribution in [0, 0.1) is 0 Å². The van der Waals surface area contributed by atoms with Crippen LogP contribution in [0.2, 0.25) is 5.02 Å². The quantitative estimate of drug-likeness (QED) is 0.739. The number of methoxy groups -OCH3 is 1. The Morgan fingerprint density at radius 2 is 1.81 bits per heavy atom. The fraction of sp³-hybridized carbons (Fsp3) is 0.167. The molecule has 0 unspecified atom stereocenters. The standard InChI is InChI=1S/C12H9ClO3/c1-16-11-5-2-7(13)6-8(11)12-9(14)3-4-10(12)15/h2-6,12H,1H3. The predicted octanol–water partition coefficient (Wildman–Crippen LogP) is 2.14. The highest BCUT2D eigenvalue weighted by Crippen LogP contribution is 2.33. The summed E-state index contributed by atoms with van der Waals surface area (Å²) in [5, 5.41) is 0.475. The molecule has 0 atom stereocenters. The molecule has 1 aromatic rings. The maximum absolute atomic E-state index is 11.6. The molecule has 0 aliphatic heterocycles. The average molecular weight is 237 g/mol. The van der Waals surface area contributed by atoms with Crippen LogP contribution in [0.25, 0.3) is 0 Å². The molecule has 0 fully saturated rings. The lowest BCUT2D eigenvalue weighted by Crippen LogP contribution is -2.14. The van der Waals surface area contributed by atoms with Crippen molar-refractivity contribution in [3.8, 4) is 5.75 Å². The summed E-state index contributed by atoms with van der Waals surface area (Å²) in [6, 6.07) is 4.89. The fourth-order valence-electron chi connectivity index (χ4n) is 1.73. The normalized spacial score (nSPS) is 15.9. The van der Waals surface area contributed by atoms with Crippen LogP contribution in [0.1, 0.15) is 11.5 Å². The van der Waals surface area contributed by atoms with Crippen LogP contribution in [-0.4, -0.2) is 18.7 Å². The molecule has 4 heteroatoms. The summed E-state index contributed by atoms with van der Waals surface area (Å²) in [6.45, 7) is 0. The summed E-state index contributed by atoms with van der Waals surface area (Å²) < 4.78 is 5.12. The van der Waals surface area contributed by atoms with Gasteiger partial charge in [0, 0.05) is 10.6 Å². The summed E-state index contributed by atoms with van der Waals surface area (Å²) in [4.78, 5) is 23.1. The minimum absolute atomic E-state index is 0.231. The number of hydrogen-bond acceptors (Lipinski definition) is 3. The lowest BCUT2D eigenvalue weighted by Gasteiger charge is -2.12. The van der Waals surface area contributed by atoms with Crippen molar-refractivity contribution < 1.29 is 14.3 Å². The van der Waals surface area contributed by atoms with Crippen molar-refractivity contribution in [2.75, 3.05) is 7.11 Å². The molecule has 0 spiro atoms. The molecule has 0 bridgehead atoms. The van der Waals surface area contributed by atoms with Crippen LogP contribution < -0.4 is 4.74 Å². The Hall–Kier alpha value is -1.61. The number of rotatable bonds is 2. The lowest BCUT2D eigenvalue weighted by atomic mass is 9.94. The summed E-state index contributed by atoms with van der Waals surface area (Å²) in [5.74, 6) is -0.760. The molecule has 0 radical (unpaired) electrons. The summed E-state index contributed by atoms with van der Waals surface area (Å²) >= 11 is 5.85. The molecule has 1 aliphatic rings. The van der Waals surface area contributed by atoms with Gasteiger partial charge in [-0.25, -0.2) is 0 Å². The van der Waals surface area contributed by atoms with E-state index in [9.17, 15) is 9.59 Å². The van der Waals surface area contributed by atoms with Crippen LogP contribution in [-0.2, 0) is 9.59 Å². The molecule has 0 amide bonds. The van der Waals surface area contributed by atoms with Gasteiger partial charge in [0.25, 0.3) is 0 Å². The van der Waals surface area contributed by atoms with Crippen molar-refractivity contribution >= 4 is 23.2 Å². The second kappa shape index (κ2) is 4.10. The Morgan fingerprint density at radius 3 is 2.38 bits per heavy atom. The smallest absolute Gasteiger partial charge is 0.171 e. The van der Waals surface area contributed by atoms with Crippen molar-refractivity contribution in [3.05, 3.63) is 40.9 Å². The lowest BCUT2D eigenvalue weighted by molar-refractivity contribution is -0.122. The number of ketones is 2. The van der Waals surface area contributed by atoms with Gasteiger partial charge in [0.05, 0.1) is 7.11 Å². The average Bonchev–Trinajstić information content (AvgIpc) is 2.58. The van der Waals surface area contributed by atoms with E-state index >= 15 is 0 Å². The minimum Gasteiger partial charge on any atom is -0.496 e.